The Balaban J connectivity index is 0.000001000. The van der Waals surface area contributed by atoms with Crippen molar-refractivity contribution in [2.45, 2.75) is 27.7 Å². The summed E-state index contributed by atoms with van der Waals surface area (Å²) in [5, 5.41) is 0. The van der Waals surface area contributed by atoms with E-state index >= 15 is 0 Å². The first-order valence-electron chi connectivity index (χ1n) is 3.58. The van der Waals surface area contributed by atoms with Gasteiger partial charge in [0.15, 0.2) is 0 Å². The second-order valence-corrected chi connectivity index (χ2v) is 4.08. The van der Waals surface area contributed by atoms with Gasteiger partial charge in [0, 0.05) is 32.7 Å². The van der Waals surface area contributed by atoms with Crippen LogP contribution in [-0.2, 0) is 32.7 Å². The number of allylic oxidation sites excluding steroid dienone is 2. The smallest absolute Gasteiger partial charge is 0 e. The molecule has 0 N–H and O–H groups in total. The zero-order chi connectivity index (χ0) is 8.15. The molecule has 0 saturated heterocycles. The summed E-state index contributed by atoms with van der Waals surface area (Å²) in [6.45, 7) is 20.0. The van der Waals surface area contributed by atoms with Gasteiger partial charge in [-0.25, -0.2) is 0 Å². The van der Waals surface area contributed by atoms with Crippen LogP contribution in [0, 0.1) is 24.0 Å². The third-order valence-corrected chi connectivity index (χ3v) is 3.20. The normalized spacial score (nSPS) is 25.5. The Hall–Kier alpha value is 0.584. The van der Waals surface area contributed by atoms with Gasteiger partial charge >= 0.3 is 0 Å². The second kappa shape index (κ2) is 2.81. The third kappa shape index (κ3) is 1.19. The van der Waals surface area contributed by atoms with Gasteiger partial charge in [-0.3, -0.25) is 0 Å². The summed E-state index contributed by atoms with van der Waals surface area (Å²) >= 11 is 0. The van der Waals surface area contributed by atoms with Crippen LogP contribution in [0.2, 0.25) is 0 Å². The van der Waals surface area contributed by atoms with Crippen LogP contribution in [0.25, 0.3) is 0 Å². The molecule has 1 aliphatic carbocycles. The van der Waals surface area contributed by atoms with Crippen LogP contribution in [-0.4, -0.2) is 0 Å². The van der Waals surface area contributed by atoms with Gasteiger partial charge in [0.2, 0.25) is 0 Å². The first-order chi connectivity index (χ1) is 4.32. The van der Waals surface area contributed by atoms with Crippen molar-refractivity contribution in [1.29, 1.82) is 0 Å². The quantitative estimate of drug-likeness (QED) is 0.554. The fourth-order valence-corrected chi connectivity index (χ4v) is 1.28. The first-order valence-corrected chi connectivity index (χ1v) is 3.58. The zero-order valence-electron chi connectivity index (χ0n) is 7.73. The number of hydrogen-bond acceptors (Lipinski definition) is 0. The molecule has 0 spiro atoms. The molecule has 0 aliphatic heterocycles. The van der Waals surface area contributed by atoms with Crippen LogP contribution < -0.4 is 0 Å². The summed E-state index contributed by atoms with van der Waals surface area (Å²) in [7, 11) is 0. The Bertz CT molecular complexity index is 185. The van der Waals surface area contributed by atoms with E-state index in [1.54, 1.807) is 0 Å². The molecule has 1 saturated carbocycles. The Kier molecular flexibility index (Phi) is 2.96. The minimum atomic E-state index is 0. The standard InChI is InChI=1S/C10H14.Y/c1-7-8(2)10(5,6)9(7,3)4;/h1-2H,3-6H3;/q-2;. The summed E-state index contributed by atoms with van der Waals surface area (Å²) in [6, 6.07) is 0. The van der Waals surface area contributed by atoms with Crippen LogP contribution in [0.15, 0.2) is 11.1 Å². The van der Waals surface area contributed by atoms with E-state index in [-0.39, 0.29) is 43.5 Å². The molecule has 0 unspecified atom stereocenters. The maximum atomic E-state index is 5.73. The minimum absolute atomic E-state index is 0. The van der Waals surface area contributed by atoms with Crippen LogP contribution >= 0.6 is 0 Å². The molecule has 1 radical (unpaired) electrons. The topological polar surface area (TPSA) is 0 Å². The van der Waals surface area contributed by atoms with Gasteiger partial charge in [0.25, 0.3) is 0 Å². The van der Waals surface area contributed by atoms with Gasteiger partial charge in [0.05, 0.1) is 0 Å². The fourth-order valence-electron chi connectivity index (χ4n) is 1.28. The molecule has 0 aromatic heterocycles. The Morgan fingerprint density at radius 2 is 1.00 bits per heavy atom. The molecule has 11 heavy (non-hydrogen) atoms. The van der Waals surface area contributed by atoms with Crippen molar-refractivity contribution in [2.75, 3.05) is 0 Å². The molecule has 0 aromatic carbocycles. The predicted molar refractivity (Wildman–Crippen MR) is 43.2 cm³/mol. The van der Waals surface area contributed by atoms with E-state index in [1.807, 2.05) is 0 Å². The molecule has 0 aromatic rings. The van der Waals surface area contributed by atoms with Crippen LogP contribution in [0.5, 0.6) is 0 Å². The van der Waals surface area contributed by atoms with Gasteiger partial charge in [-0.05, 0) is 0 Å². The van der Waals surface area contributed by atoms with E-state index < -0.39 is 0 Å². The molecule has 0 bridgehead atoms. The van der Waals surface area contributed by atoms with Crippen molar-refractivity contribution in [3.05, 3.63) is 24.3 Å². The molecular formula is C10H14Y-2. The van der Waals surface area contributed by atoms with Crippen LogP contribution in [0.3, 0.4) is 0 Å². The van der Waals surface area contributed by atoms with E-state index in [0.29, 0.717) is 0 Å². The molecule has 0 nitrogen and oxygen atoms in total. The van der Waals surface area contributed by atoms with Gasteiger partial charge in [0.1, 0.15) is 0 Å². The summed E-state index contributed by atoms with van der Waals surface area (Å²) in [5.74, 6) is 0. The van der Waals surface area contributed by atoms with Crippen molar-refractivity contribution in [3.8, 4) is 0 Å². The molecule has 59 valence electrons. The van der Waals surface area contributed by atoms with E-state index in [1.165, 1.54) is 0 Å². The maximum Gasteiger partial charge on any atom is 0 e. The van der Waals surface area contributed by atoms with E-state index in [0.717, 1.165) is 11.1 Å². The molecule has 0 atom stereocenters. The predicted octanol–water partition coefficient (Wildman–Crippen LogP) is 2.77. The van der Waals surface area contributed by atoms with Crippen LogP contribution in [0.4, 0.5) is 0 Å². The Labute approximate surface area is 95.0 Å². The van der Waals surface area contributed by atoms with Gasteiger partial charge in [-0.15, -0.1) is 10.8 Å². The molecular weight excluding hydrogens is 209 g/mol. The zero-order valence-corrected chi connectivity index (χ0v) is 10.6. The number of hydrogen-bond donors (Lipinski definition) is 0. The van der Waals surface area contributed by atoms with Crippen LogP contribution in [0.1, 0.15) is 27.7 Å². The SMILES string of the molecule is [CH-]=C1C(=[CH-])C(C)(C)C1(C)C.[Y]. The summed E-state index contributed by atoms with van der Waals surface area (Å²) < 4.78 is 0. The van der Waals surface area contributed by atoms with E-state index in [2.05, 4.69) is 27.7 Å². The Morgan fingerprint density at radius 3 is 1.09 bits per heavy atom. The van der Waals surface area contributed by atoms with Crippen molar-refractivity contribution >= 4 is 0 Å². The summed E-state index contributed by atoms with van der Waals surface area (Å²) in [4.78, 5) is 0. The largest absolute Gasteiger partial charge is 0.390 e. The second-order valence-electron chi connectivity index (χ2n) is 4.08. The van der Waals surface area contributed by atoms with Crippen molar-refractivity contribution in [3.63, 3.8) is 0 Å². The maximum absolute atomic E-state index is 5.73. The summed E-state index contributed by atoms with van der Waals surface area (Å²) in [5.41, 5.74) is 1.88. The van der Waals surface area contributed by atoms with Crippen molar-refractivity contribution < 1.29 is 32.7 Å². The van der Waals surface area contributed by atoms with E-state index in [4.69, 9.17) is 13.2 Å². The van der Waals surface area contributed by atoms with Crippen molar-refractivity contribution in [2.24, 2.45) is 10.8 Å². The van der Waals surface area contributed by atoms with E-state index in [9.17, 15) is 0 Å². The molecule has 0 heterocycles. The fraction of sp³-hybridized carbons (Fsp3) is 0.600. The van der Waals surface area contributed by atoms with Gasteiger partial charge in [-0.1, -0.05) is 27.7 Å². The molecule has 0 amide bonds. The third-order valence-electron chi connectivity index (χ3n) is 3.20. The molecule has 1 heteroatoms. The number of rotatable bonds is 0. The molecule has 1 aliphatic rings. The summed E-state index contributed by atoms with van der Waals surface area (Å²) in [6.07, 6.45) is 0. The van der Waals surface area contributed by atoms with Gasteiger partial charge in [-0.2, -0.15) is 0 Å². The first kappa shape index (κ1) is 11.6. The monoisotopic (exact) mass is 223 g/mol. The Morgan fingerprint density at radius 1 is 0.818 bits per heavy atom. The molecule has 1 fully saturated rings. The average molecular weight is 223 g/mol. The van der Waals surface area contributed by atoms with Crippen molar-refractivity contribution in [1.82, 2.24) is 0 Å². The minimum Gasteiger partial charge on any atom is -0.390 e. The average Bonchev–Trinajstić information content (AvgIpc) is 1.84. The molecule has 1 rings (SSSR count). The van der Waals surface area contributed by atoms with Gasteiger partial charge < -0.3 is 24.3 Å².